The number of amides is 2. The van der Waals surface area contributed by atoms with Crippen molar-refractivity contribution in [2.45, 2.75) is 19.1 Å². The van der Waals surface area contributed by atoms with Crippen LogP contribution < -0.4 is 0 Å². The number of carbonyl (C=O) groups excluding carboxylic acids is 2. The van der Waals surface area contributed by atoms with Gasteiger partial charge in [-0.3, -0.25) is 14.5 Å². The fourth-order valence-electron chi connectivity index (χ4n) is 1.83. The van der Waals surface area contributed by atoms with E-state index in [9.17, 15) is 9.59 Å². The van der Waals surface area contributed by atoms with Crippen LogP contribution in [-0.2, 0) is 9.59 Å². The van der Waals surface area contributed by atoms with E-state index in [0.717, 1.165) is 4.88 Å². The Labute approximate surface area is 121 Å². The second-order valence-electron chi connectivity index (χ2n) is 4.36. The third-order valence-corrected chi connectivity index (χ3v) is 4.53. The van der Waals surface area contributed by atoms with Gasteiger partial charge >= 0.3 is 0 Å². The molecule has 0 N–H and O–H groups in total. The molecule has 1 aliphatic rings. The lowest BCUT2D eigenvalue weighted by atomic mass is 10.2. The van der Waals surface area contributed by atoms with Crippen LogP contribution in [0.5, 0.6) is 0 Å². The highest BCUT2D eigenvalue weighted by Gasteiger charge is 2.39. The molecule has 1 aromatic heterocycles. The van der Waals surface area contributed by atoms with Crippen LogP contribution in [0.15, 0.2) is 35.1 Å². The minimum absolute atomic E-state index is 0.202. The van der Waals surface area contributed by atoms with E-state index in [4.69, 9.17) is 0 Å². The Morgan fingerprint density at radius 1 is 1.42 bits per heavy atom. The summed E-state index contributed by atoms with van der Waals surface area (Å²) in [5.41, 5.74) is 0.542. The number of imide groups is 1. The van der Waals surface area contributed by atoms with Gasteiger partial charge in [0.1, 0.15) is 0 Å². The van der Waals surface area contributed by atoms with Gasteiger partial charge in [0.15, 0.2) is 0 Å². The number of nitrogens with zero attached hydrogens (tertiary/aromatic N) is 1. The summed E-state index contributed by atoms with van der Waals surface area (Å²) in [6, 6.07) is 3.77. The van der Waals surface area contributed by atoms with Crippen molar-refractivity contribution in [3.63, 3.8) is 0 Å². The first kappa shape index (κ1) is 14.1. The van der Waals surface area contributed by atoms with Gasteiger partial charge in [0, 0.05) is 16.7 Å². The number of hydrogen-bond acceptors (Lipinski definition) is 4. The Morgan fingerprint density at radius 2 is 2.16 bits per heavy atom. The maximum absolute atomic E-state index is 12.4. The van der Waals surface area contributed by atoms with Crippen LogP contribution in [0.1, 0.15) is 18.7 Å². The van der Waals surface area contributed by atoms with Gasteiger partial charge in [0.05, 0.1) is 10.5 Å². The zero-order valence-electron chi connectivity index (χ0n) is 10.9. The second kappa shape index (κ2) is 5.75. The lowest BCUT2D eigenvalue weighted by Crippen LogP contribution is -2.31. The summed E-state index contributed by atoms with van der Waals surface area (Å²) in [6.07, 6.45) is 1.57. The third kappa shape index (κ3) is 2.67. The van der Waals surface area contributed by atoms with Gasteiger partial charge in [0.2, 0.25) is 0 Å². The Kier molecular flexibility index (Phi) is 4.27. The van der Waals surface area contributed by atoms with Gasteiger partial charge in [-0.15, -0.1) is 29.7 Å². The summed E-state index contributed by atoms with van der Waals surface area (Å²) in [4.78, 5) is 27.4. The van der Waals surface area contributed by atoms with Gasteiger partial charge in [-0.1, -0.05) is 26.0 Å². The van der Waals surface area contributed by atoms with Crippen molar-refractivity contribution in [1.82, 2.24) is 4.90 Å². The topological polar surface area (TPSA) is 37.4 Å². The first-order valence-corrected chi connectivity index (χ1v) is 7.74. The van der Waals surface area contributed by atoms with Crippen LogP contribution in [0, 0.1) is 0 Å². The largest absolute Gasteiger partial charge is 0.270 e. The van der Waals surface area contributed by atoms with Crippen molar-refractivity contribution in [2.75, 3.05) is 6.54 Å². The van der Waals surface area contributed by atoms with E-state index in [1.807, 2.05) is 31.4 Å². The molecule has 1 aliphatic heterocycles. The number of carbonyl (C=O) groups is 2. The molecule has 19 heavy (non-hydrogen) atoms. The molecule has 0 saturated carbocycles. The number of rotatable bonds is 5. The molecule has 0 spiro atoms. The molecule has 0 unspecified atom stereocenters. The predicted octanol–water partition coefficient (Wildman–Crippen LogP) is 3.16. The molecule has 0 aliphatic carbocycles. The summed E-state index contributed by atoms with van der Waals surface area (Å²) in [5.74, 6) is -0.414. The Bertz CT molecular complexity index is 544. The van der Waals surface area contributed by atoms with Gasteiger partial charge in [-0.25, -0.2) is 0 Å². The fraction of sp³-hybridized carbons (Fsp3) is 0.286. The maximum atomic E-state index is 12.4. The Balaban J connectivity index is 2.46. The number of hydrogen-bond donors (Lipinski definition) is 0. The molecule has 2 rings (SSSR count). The second-order valence-corrected chi connectivity index (χ2v) is 6.89. The molecule has 0 atom stereocenters. The van der Waals surface area contributed by atoms with Gasteiger partial charge < -0.3 is 0 Å². The van der Waals surface area contributed by atoms with Crippen LogP contribution in [0.4, 0.5) is 0 Å². The summed E-state index contributed by atoms with van der Waals surface area (Å²) in [7, 11) is 0. The lowest BCUT2D eigenvalue weighted by molar-refractivity contribution is -0.135. The van der Waals surface area contributed by atoms with Crippen LogP contribution in [-0.4, -0.2) is 28.5 Å². The van der Waals surface area contributed by atoms with E-state index < -0.39 is 0 Å². The number of thiophene rings is 1. The first-order valence-electron chi connectivity index (χ1n) is 5.98. The molecule has 5 heteroatoms. The van der Waals surface area contributed by atoms with Crippen molar-refractivity contribution in [2.24, 2.45) is 0 Å². The normalized spacial score (nSPS) is 15.8. The molecule has 0 bridgehead atoms. The zero-order chi connectivity index (χ0) is 14.0. The van der Waals surface area contributed by atoms with Crippen molar-refractivity contribution in [3.8, 4) is 0 Å². The predicted molar refractivity (Wildman–Crippen MR) is 80.9 cm³/mol. The molecule has 0 saturated heterocycles. The first-order chi connectivity index (χ1) is 9.06. The van der Waals surface area contributed by atoms with Gasteiger partial charge in [-0.05, 0) is 11.4 Å². The highest BCUT2D eigenvalue weighted by Crippen LogP contribution is 2.39. The van der Waals surface area contributed by atoms with Crippen molar-refractivity contribution >= 4 is 40.5 Å². The molecule has 3 nitrogen and oxygen atoms in total. The molecule has 100 valence electrons. The van der Waals surface area contributed by atoms with Gasteiger partial charge in [-0.2, -0.15) is 0 Å². The molecule has 0 fully saturated rings. The van der Waals surface area contributed by atoms with E-state index in [1.165, 1.54) is 28.0 Å². The van der Waals surface area contributed by atoms with Crippen molar-refractivity contribution in [3.05, 3.63) is 40.0 Å². The highest BCUT2D eigenvalue weighted by atomic mass is 32.2. The van der Waals surface area contributed by atoms with Crippen LogP contribution in [0.2, 0.25) is 0 Å². The minimum atomic E-state index is -0.212. The van der Waals surface area contributed by atoms with E-state index in [2.05, 4.69) is 6.58 Å². The highest BCUT2D eigenvalue weighted by molar-refractivity contribution is 8.04. The van der Waals surface area contributed by atoms with Crippen LogP contribution in [0.25, 0.3) is 5.57 Å². The summed E-state index contributed by atoms with van der Waals surface area (Å²) in [5, 5.41) is 2.17. The SMILES string of the molecule is C=CCN1C(=O)C(SC(C)C)=C(c2cccs2)C1=O. The average molecular weight is 293 g/mol. The molecule has 2 amide bonds. The van der Waals surface area contributed by atoms with E-state index in [1.54, 1.807) is 6.08 Å². The van der Waals surface area contributed by atoms with E-state index in [-0.39, 0.29) is 23.6 Å². The monoisotopic (exact) mass is 293 g/mol. The minimum Gasteiger partial charge on any atom is -0.270 e. The zero-order valence-corrected chi connectivity index (χ0v) is 12.5. The van der Waals surface area contributed by atoms with E-state index >= 15 is 0 Å². The molecule has 0 aromatic carbocycles. The quantitative estimate of drug-likeness (QED) is 0.618. The van der Waals surface area contributed by atoms with Gasteiger partial charge in [0.25, 0.3) is 11.8 Å². The lowest BCUT2D eigenvalue weighted by Gasteiger charge is -2.12. The summed E-state index contributed by atoms with van der Waals surface area (Å²) >= 11 is 2.93. The standard InChI is InChI=1S/C14H15NO2S2/c1-4-7-15-13(16)11(10-6-5-8-18-10)12(14(15)17)19-9(2)3/h4-6,8-9H,1,7H2,2-3H3. The summed E-state index contributed by atoms with van der Waals surface area (Å²) < 4.78 is 0. The fourth-order valence-corrected chi connectivity index (χ4v) is 3.66. The van der Waals surface area contributed by atoms with E-state index in [0.29, 0.717) is 10.5 Å². The summed E-state index contributed by atoms with van der Waals surface area (Å²) in [6.45, 7) is 7.88. The molecule has 1 aromatic rings. The number of thioether (sulfide) groups is 1. The van der Waals surface area contributed by atoms with Crippen LogP contribution in [0.3, 0.4) is 0 Å². The molecular formula is C14H15NO2S2. The van der Waals surface area contributed by atoms with Crippen molar-refractivity contribution in [1.29, 1.82) is 0 Å². The maximum Gasteiger partial charge on any atom is 0.268 e. The third-order valence-electron chi connectivity index (χ3n) is 2.56. The molecule has 0 radical (unpaired) electrons. The van der Waals surface area contributed by atoms with Crippen molar-refractivity contribution < 1.29 is 9.59 Å². The Morgan fingerprint density at radius 3 is 2.68 bits per heavy atom. The van der Waals surface area contributed by atoms with Crippen LogP contribution >= 0.6 is 23.1 Å². The average Bonchev–Trinajstić information content (AvgIpc) is 2.93. The smallest absolute Gasteiger partial charge is 0.268 e. The molecular weight excluding hydrogens is 278 g/mol. The Hall–Kier alpha value is -1.33. The molecule has 2 heterocycles.